The second-order valence-corrected chi connectivity index (χ2v) is 8.78. The number of carbonyl (C=O) groups excluding carboxylic acids is 2. The molecule has 29 heavy (non-hydrogen) atoms. The Bertz CT molecular complexity index is 871. The largest absolute Gasteiger partial charge is 0.465 e. The van der Waals surface area contributed by atoms with Crippen LogP contribution in [0.4, 0.5) is 0 Å². The van der Waals surface area contributed by atoms with Crippen molar-refractivity contribution in [2.45, 2.75) is 66.8 Å². The molecule has 0 aliphatic heterocycles. The maximum Gasteiger partial charge on any atom is 0.337 e. The van der Waals surface area contributed by atoms with Gasteiger partial charge in [-0.05, 0) is 49.3 Å². The molecular weight excluding hydrogens is 364 g/mol. The maximum absolute atomic E-state index is 12.4. The summed E-state index contributed by atoms with van der Waals surface area (Å²) >= 11 is 0. The minimum Gasteiger partial charge on any atom is -0.465 e. The van der Waals surface area contributed by atoms with Gasteiger partial charge in [0, 0.05) is 23.5 Å². The van der Waals surface area contributed by atoms with E-state index in [0.29, 0.717) is 11.1 Å². The number of unbranched alkanes of at least 4 members (excludes halogenated alkanes) is 1. The van der Waals surface area contributed by atoms with Crippen molar-refractivity contribution in [2.75, 3.05) is 7.11 Å². The van der Waals surface area contributed by atoms with E-state index in [1.54, 1.807) is 12.1 Å². The Morgan fingerprint density at radius 3 is 2.24 bits per heavy atom. The monoisotopic (exact) mass is 398 g/mol. The molecule has 1 aromatic carbocycles. The Kier molecular flexibility index (Phi) is 7.28. The van der Waals surface area contributed by atoms with E-state index in [2.05, 4.69) is 32.3 Å². The van der Waals surface area contributed by atoms with Gasteiger partial charge < -0.3 is 15.0 Å². The van der Waals surface area contributed by atoms with E-state index >= 15 is 0 Å². The summed E-state index contributed by atoms with van der Waals surface area (Å²) in [5.74, 6) is -0.793. The van der Waals surface area contributed by atoms with Crippen molar-refractivity contribution in [3.63, 3.8) is 0 Å². The number of methoxy groups -OCH3 is 1. The molecule has 0 saturated heterocycles. The van der Waals surface area contributed by atoms with Crippen LogP contribution in [-0.4, -0.2) is 23.6 Å². The normalized spacial score (nSPS) is 11.5. The molecule has 0 saturated carbocycles. The van der Waals surface area contributed by atoms with Crippen LogP contribution >= 0.6 is 0 Å². The summed E-state index contributed by atoms with van der Waals surface area (Å²) in [5.41, 5.74) is 10.9. The molecule has 0 spiro atoms. The number of benzene rings is 1. The van der Waals surface area contributed by atoms with Crippen LogP contribution in [0, 0.1) is 12.3 Å². The average Bonchev–Trinajstić information content (AvgIpc) is 2.95. The van der Waals surface area contributed by atoms with Crippen LogP contribution in [-0.2, 0) is 17.7 Å². The van der Waals surface area contributed by atoms with Crippen LogP contribution in [0.5, 0.6) is 0 Å². The van der Waals surface area contributed by atoms with Gasteiger partial charge in [-0.1, -0.05) is 46.2 Å². The predicted molar refractivity (Wildman–Crippen MR) is 117 cm³/mol. The summed E-state index contributed by atoms with van der Waals surface area (Å²) < 4.78 is 7.06. The second-order valence-electron chi connectivity index (χ2n) is 8.78. The quantitative estimate of drug-likeness (QED) is 0.627. The van der Waals surface area contributed by atoms with Gasteiger partial charge in [-0.3, -0.25) is 4.79 Å². The number of nitrogens with zero attached hydrogens (tertiary/aromatic N) is 1. The Labute approximate surface area is 174 Å². The molecule has 1 heterocycles. The fraction of sp³-hybridized carbons (Fsp3) is 0.500. The third kappa shape index (κ3) is 5.28. The Morgan fingerprint density at radius 1 is 1.14 bits per heavy atom. The predicted octanol–water partition coefficient (Wildman–Crippen LogP) is 5.13. The zero-order valence-corrected chi connectivity index (χ0v) is 18.6. The number of hydrogen-bond donors (Lipinski definition) is 1. The van der Waals surface area contributed by atoms with Gasteiger partial charge in [0.05, 0.1) is 18.2 Å². The highest BCUT2D eigenvalue weighted by molar-refractivity contribution is 6.02. The van der Waals surface area contributed by atoms with E-state index in [-0.39, 0.29) is 11.4 Å². The molecule has 0 atom stereocenters. The molecule has 0 aliphatic carbocycles. The van der Waals surface area contributed by atoms with Gasteiger partial charge in [0.15, 0.2) is 0 Å². The summed E-state index contributed by atoms with van der Waals surface area (Å²) in [7, 11) is 1.36. The highest BCUT2D eigenvalue weighted by Crippen LogP contribution is 2.35. The first-order valence-corrected chi connectivity index (χ1v) is 10.3. The van der Waals surface area contributed by atoms with Crippen molar-refractivity contribution >= 4 is 11.9 Å². The van der Waals surface area contributed by atoms with Crippen LogP contribution in [0.25, 0.3) is 11.1 Å². The summed E-state index contributed by atoms with van der Waals surface area (Å²) in [6, 6.07) is 7.21. The van der Waals surface area contributed by atoms with E-state index < -0.39 is 5.91 Å². The molecule has 0 unspecified atom stereocenters. The van der Waals surface area contributed by atoms with E-state index in [0.717, 1.165) is 54.7 Å². The van der Waals surface area contributed by atoms with Crippen LogP contribution in [0.2, 0.25) is 0 Å². The summed E-state index contributed by atoms with van der Waals surface area (Å²) in [6.07, 6.45) is 3.98. The minimum atomic E-state index is -0.415. The fourth-order valence-electron chi connectivity index (χ4n) is 3.65. The number of nitrogens with two attached hydrogens (primary N) is 1. The zero-order valence-electron chi connectivity index (χ0n) is 18.6. The second kappa shape index (κ2) is 9.29. The van der Waals surface area contributed by atoms with Crippen LogP contribution in [0.15, 0.2) is 24.3 Å². The van der Waals surface area contributed by atoms with E-state index in [4.69, 9.17) is 10.5 Å². The first-order valence-electron chi connectivity index (χ1n) is 10.3. The van der Waals surface area contributed by atoms with Gasteiger partial charge in [-0.15, -0.1) is 0 Å². The molecule has 0 radical (unpaired) electrons. The van der Waals surface area contributed by atoms with Gasteiger partial charge in [0.25, 0.3) is 5.91 Å². The van der Waals surface area contributed by atoms with Crippen molar-refractivity contribution in [2.24, 2.45) is 11.1 Å². The molecule has 5 heteroatoms. The summed E-state index contributed by atoms with van der Waals surface area (Å²) in [5, 5.41) is 0. The van der Waals surface area contributed by atoms with Crippen molar-refractivity contribution in [1.29, 1.82) is 0 Å². The molecule has 1 aromatic heterocycles. The highest BCUT2D eigenvalue weighted by atomic mass is 16.5. The molecule has 0 bridgehead atoms. The number of esters is 1. The van der Waals surface area contributed by atoms with Gasteiger partial charge in [-0.25, -0.2) is 4.79 Å². The van der Waals surface area contributed by atoms with Crippen LogP contribution < -0.4 is 5.73 Å². The number of aromatic nitrogens is 1. The van der Waals surface area contributed by atoms with Gasteiger partial charge >= 0.3 is 5.97 Å². The molecule has 0 fully saturated rings. The summed E-state index contributed by atoms with van der Waals surface area (Å²) in [6.45, 7) is 11.6. The van der Waals surface area contributed by atoms with E-state index in [1.807, 2.05) is 19.1 Å². The average molecular weight is 399 g/mol. The highest BCUT2D eigenvalue weighted by Gasteiger charge is 2.25. The molecule has 1 amide bonds. The lowest BCUT2D eigenvalue weighted by Gasteiger charge is -2.21. The topological polar surface area (TPSA) is 74.3 Å². The molecule has 2 rings (SSSR count). The molecule has 5 nitrogen and oxygen atoms in total. The first-order chi connectivity index (χ1) is 13.6. The smallest absolute Gasteiger partial charge is 0.337 e. The molecule has 0 aliphatic rings. The van der Waals surface area contributed by atoms with Crippen LogP contribution in [0.1, 0.15) is 79.1 Å². The number of rotatable bonds is 8. The standard InChI is InChI=1S/C24H34N2O3/c1-7-8-9-19-21(17-10-12-18(13-11-17)23(28)29-6)20(22(25)27)16(2)26(19)15-14-24(3,4)5/h10-13H,7-9,14-15H2,1-6H3,(H2,25,27). The third-order valence-electron chi connectivity index (χ3n) is 5.32. The number of hydrogen-bond acceptors (Lipinski definition) is 3. The Hall–Kier alpha value is -2.56. The van der Waals surface area contributed by atoms with Crippen molar-refractivity contribution in [1.82, 2.24) is 4.57 Å². The lowest BCUT2D eigenvalue weighted by molar-refractivity contribution is 0.0600. The molecule has 158 valence electrons. The lowest BCUT2D eigenvalue weighted by atomic mass is 9.92. The molecule has 2 aromatic rings. The van der Waals surface area contributed by atoms with Crippen molar-refractivity contribution in [3.8, 4) is 11.1 Å². The van der Waals surface area contributed by atoms with Gasteiger partial charge in [-0.2, -0.15) is 0 Å². The molecule has 2 N–H and O–H groups in total. The minimum absolute atomic E-state index is 0.188. The Balaban J connectivity index is 2.64. The zero-order chi connectivity index (χ0) is 21.8. The fourth-order valence-corrected chi connectivity index (χ4v) is 3.65. The van der Waals surface area contributed by atoms with Gasteiger partial charge in [0.1, 0.15) is 0 Å². The first kappa shape index (κ1) is 22.7. The Morgan fingerprint density at radius 2 is 1.76 bits per heavy atom. The lowest BCUT2D eigenvalue weighted by Crippen LogP contribution is -2.15. The van der Waals surface area contributed by atoms with E-state index in [9.17, 15) is 9.59 Å². The maximum atomic E-state index is 12.4. The molecular formula is C24H34N2O3. The number of carbonyl (C=O) groups is 2. The number of amides is 1. The van der Waals surface area contributed by atoms with Gasteiger partial charge in [0.2, 0.25) is 0 Å². The summed E-state index contributed by atoms with van der Waals surface area (Å²) in [4.78, 5) is 24.2. The van der Waals surface area contributed by atoms with Crippen molar-refractivity contribution in [3.05, 3.63) is 46.8 Å². The van der Waals surface area contributed by atoms with Crippen LogP contribution in [0.3, 0.4) is 0 Å². The number of primary amides is 1. The SMILES string of the molecule is CCCCc1c(-c2ccc(C(=O)OC)cc2)c(C(N)=O)c(C)n1CCC(C)(C)C. The third-order valence-corrected chi connectivity index (χ3v) is 5.32. The van der Waals surface area contributed by atoms with E-state index in [1.165, 1.54) is 7.11 Å². The number of ether oxygens (including phenoxy) is 1. The van der Waals surface area contributed by atoms with Crippen molar-refractivity contribution < 1.29 is 14.3 Å².